The topological polar surface area (TPSA) is 18.5 Å². The molecule has 0 aromatic rings. The van der Waals surface area contributed by atoms with Crippen LogP contribution >= 0.6 is 0 Å². The van der Waals surface area contributed by atoms with Gasteiger partial charge in [0, 0.05) is 13.1 Å². The van der Waals surface area contributed by atoms with E-state index >= 15 is 0 Å². The summed E-state index contributed by atoms with van der Waals surface area (Å²) >= 11 is 0. The maximum Gasteiger partial charge on any atom is 0.00447 e. The number of hydrogen-bond acceptors (Lipinski definition) is 3. The Morgan fingerprint density at radius 1 is 0.842 bits per heavy atom. The number of hydrogen-bond donors (Lipinski definition) is 1. The highest BCUT2D eigenvalue weighted by molar-refractivity contribution is 4.76. The van der Waals surface area contributed by atoms with E-state index < -0.39 is 0 Å². The minimum Gasteiger partial charge on any atom is -0.316 e. The van der Waals surface area contributed by atoms with Crippen molar-refractivity contribution < 1.29 is 0 Å². The van der Waals surface area contributed by atoms with Crippen molar-refractivity contribution >= 4 is 0 Å². The molecule has 0 fully saturated rings. The number of nitrogens with one attached hydrogen (secondary N) is 1. The van der Waals surface area contributed by atoms with Crippen LogP contribution in [0.3, 0.4) is 0 Å². The van der Waals surface area contributed by atoms with E-state index in [0.717, 1.165) is 19.6 Å². The van der Waals surface area contributed by atoms with Crippen molar-refractivity contribution in [1.82, 2.24) is 15.1 Å². The molecule has 3 nitrogen and oxygen atoms in total. The van der Waals surface area contributed by atoms with Crippen LogP contribution in [0.1, 0.15) is 48.0 Å². The molecule has 0 aromatic heterocycles. The first kappa shape index (κ1) is 18.9. The molecule has 0 aliphatic rings. The Labute approximate surface area is 121 Å². The fourth-order valence-corrected chi connectivity index (χ4v) is 2.53. The van der Waals surface area contributed by atoms with E-state index in [-0.39, 0.29) is 0 Å². The normalized spacial score (nSPS) is 12.6. The first-order valence-electron chi connectivity index (χ1n) is 8.14. The molecule has 0 spiro atoms. The first-order chi connectivity index (χ1) is 8.99. The van der Waals surface area contributed by atoms with Gasteiger partial charge in [0.2, 0.25) is 0 Å². The van der Waals surface area contributed by atoms with Crippen LogP contribution in [0.25, 0.3) is 0 Å². The van der Waals surface area contributed by atoms with E-state index in [1.54, 1.807) is 0 Å². The molecular formula is C16H37N3. The molecule has 0 aliphatic carbocycles. The second-order valence-corrected chi connectivity index (χ2v) is 6.19. The third-order valence-corrected chi connectivity index (χ3v) is 3.80. The Kier molecular flexibility index (Phi) is 10.6. The van der Waals surface area contributed by atoms with Crippen molar-refractivity contribution in [1.29, 1.82) is 0 Å². The number of nitrogens with zero attached hydrogens (tertiary/aromatic N) is 2. The van der Waals surface area contributed by atoms with Crippen LogP contribution in [0, 0.1) is 5.41 Å². The van der Waals surface area contributed by atoms with E-state index in [2.05, 4.69) is 56.7 Å². The summed E-state index contributed by atoms with van der Waals surface area (Å²) in [5, 5.41) is 3.48. The lowest BCUT2D eigenvalue weighted by molar-refractivity contribution is 0.171. The molecule has 0 rings (SSSR count). The van der Waals surface area contributed by atoms with E-state index in [4.69, 9.17) is 0 Å². The average molecular weight is 271 g/mol. The standard InChI is InChI=1S/C16H37N3/c1-7-17-14-16(5,6)15-19(10-4)13-11-12-18(8-2)9-3/h17H,7-15H2,1-6H3. The van der Waals surface area contributed by atoms with Crippen LogP contribution in [0.4, 0.5) is 0 Å². The van der Waals surface area contributed by atoms with Gasteiger partial charge in [-0.3, -0.25) is 0 Å². The van der Waals surface area contributed by atoms with Crippen molar-refractivity contribution in [2.45, 2.75) is 48.0 Å². The molecule has 3 heteroatoms. The Morgan fingerprint density at radius 2 is 1.37 bits per heavy atom. The third kappa shape index (κ3) is 9.42. The molecule has 0 bridgehead atoms. The molecule has 1 N–H and O–H groups in total. The zero-order chi connectivity index (χ0) is 14.7. The Balaban J connectivity index is 3.99. The zero-order valence-corrected chi connectivity index (χ0v) is 14.3. The summed E-state index contributed by atoms with van der Waals surface area (Å²) in [7, 11) is 0. The van der Waals surface area contributed by atoms with Crippen molar-refractivity contribution in [2.75, 3.05) is 52.4 Å². The van der Waals surface area contributed by atoms with Crippen LogP contribution < -0.4 is 5.32 Å². The molecule has 0 atom stereocenters. The highest BCUT2D eigenvalue weighted by Gasteiger charge is 2.20. The Bertz CT molecular complexity index is 200. The molecule has 0 aromatic carbocycles. The van der Waals surface area contributed by atoms with Gasteiger partial charge in [0.15, 0.2) is 0 Å². The summed E-state index contributed by atoms with van der Waals surface area (Å²) in [6.07, 6.45) is 1.28. The molecule has 0 saturated carbocycles. The monoisotopic (exact) mass is 271 g/mol. The minimum atomic E-state index is 0.362. The fraction of sp³-hybridized carbons (Fsp3) is 1.00. The molecular weight excluding hydrogens is 234 g/mol. The molecule has 0 aliphatic heterocycles. The highest BCUT2D eigenvalue weighted by Crippen LogP contribution is 2.16. The highest BCUT2D eigenvalue weighted by atomic mass is 15.1. The second-order valence-electron chi connectivity index (χ2n) is 6.19. The maximum absolute atomic E-state index is 3.48. The van der Waals surface area contributed by atoms with Crippen molar-refractivity contribution in [3.63, 3.8) is 0 Å². The molecule has 0 unspecified atom stereocenters. The minimum absolute atomic E-state index is 0.362. The molecule has 0 radical (unpaired) electrons. The summed E-state index contributed by atoms with van der Waals surface area (Å²) in [6.45, 7) is 23.0. The van der Waals surface area contributed by atoms with Crippen molar-refractivity contribution in [3.05, 3.63) is 0 Å². The summed E-state index contributed by atoms with van der Waals surface area (Å²) < 4.78 is 0. The van der Waals surface area contributed by atoms with Gasteiger partial charge in [0.05, 0.1) is 0 Å². The van der Waals surface area contributed by atoms with Gasteiger partial charge in [-0.25, -0.2) is 0 Å². The van der Waals surface area contributed by atoms with Gasteiger partial charge in [0.25, 0.3) is 0 Å². The van der Waals surface area contributed by atoms with Gasteiger partial charge in [0.1, 0.15) is 0 Å². The van der Waals surface area contributed by atoms with Crippen LogP contribution in [0.2, 0.25) is 0 Å². The van der Waals surface area contributed by atoms with Gasteiger partial charge in [-0.15, -0.1) is 0 Å². The molecule has 0 amide bonds. The maximum atomic E-state index is 3.48. The second kappa shape index (κ2) is 10.6. The lowest BCUT2D eigenvalue weighted by atomic mass is 9.92. The predicted molar refractivity (Wildman–Crippen MR) is 86.8 cm³/mol. The lowest BCUT2D eigenvalue weighted by Crippen LogP contribution is -2.41. The van der Waals surface area contributed by atoms with Crippen LogP contribution in [0.15, 0.2) is 0 Å². The summed E-state index contributed by atoms with van der Waals surface area (Å²) in [5.41, 5.74) is 0.362. The van der Waals surface area contributed by atoms with Crippen LogP contribution in [0.5, 0.6) is 0 Å². The van der Waals surface area contributed by atoms with Crippen molar-refractivity contribution in [2.24, 2.45) is 5.41 Å². The average Bonchev–Trinajstić information content (AvgIpc) is 2.40. The summed E-state index contributed by atoms with van der Waals surface area (Å²) in [5.74, 6) is 0. The molecule has 0 heterocycles. The third-order valence-electron chi connectivity index (χ3n) is 3.80. The van der Waals surface area contributed by atoms with E-state index in [0.29, 0.717) is 5.41 Å². The number of rotatable bonds is 12. The van der Waals surface area contributed by atoms with Crippen LogP contribution in [-0.2, 0) is 0 Å². The van der Waals surface area contributed by atoms with E-state index in [1.165, 1.54) is 39.1 Å². The first-order valence-corrected chi connectivity index (χ1v) is 8.14. The largest absolute Gasteiger partial charge is 0.316 e. The van der Waals surface area contributed by atoms with Gasteiger partial charge >= 0.3 is 0 Å². The van der Waals surface area contributed by atoms with Crippen LogP contribution in [-0.4, -0.2) is 62.2 Å². The van der Waals surface area contributed by atoms with E-state index in [9.17, 15) is 0 Å². The van der Waals surface area contributed by atoms with Gasteiger partial charge in [-0.2, -0.15) is 0 Å². The molecule has 116 valence electrons. The zero-order valence-electron chi connectivity index (χ0n) is 14.3. The fourth-order valence-electron chi connectivity index (χ4n) is 2.53. The van der Waals surface area contributed by atoms with Gasteiger partial charge < -0.3 is 15.1 Å². The summed E-state index contributed by atoms with van der Waals surface area (Å²) in [6, 6.07) is 0. The van der Waals surface area contributed by atoms with Gasteiger partial charge in [-0.05, 0) is 51.1 Å². The van der Waals surface area contributed by atoms with Crippen molar-refractivity contribution in [3.8, 4) is 0 Å². The predicted octanol–water partition coefficient (Wildman–Crippen LogP) is 2.68. The Hall–Kier alpha value is -0.120. The van der Waals surface area contributed by atoms with Gasteiger partial charge in [-0.1, -0.05) is 41.5 Å². The summed E-state index contributed by atoms with van der Waals surface area (Å²) in [4.78, 5) is 5.11. The quantitative estimate of drug-likeness (QED) is 0.589. The Morgan fingerprint density at radius 3 is 1.84 bits per heavy atom. The van der Waals surface area contributed by atoms with E-state index in [1.807, 2.05) is 0 Å². The molecule has 19 heavy (non-hydrogen) atoms. The molecule has 0 saturated heterocycles. The SMILES string of the molecule is CCNCC(C)(C)CN(CC)CCCN(CC)CC. The smallest absolute Gasteiger partial charge is 0.00447 e. The lowest BCUT2D eigenvalue weighted by Gasteiger charge is -2.32.